The fourth-order valence-electron chi connectivity index (χ4n) is 1.45. The minimum absolute atomic E-state index is 0.227. The maximum absolute atomic E-state index is 10.9. The monoisotopic (exact) mass is 267 g/mol. The molecule has 0 bridgehead atoms. The van der Waals surface area contributed by atoms with E-state index in [-0.39, 0.29) is 6.54 Å². The molecule has 1 aromatic carbocycles. The second kappa shape index (κ2) is 5.46. The molecule has 1 unspecified atom stereocenters. The smallest absolute Gasteiger partial charge is 0.405 e. The number of hydrogen-bond donors (Lipinski definition) is 1. The van der Waals surface area contributed by atoms with E-state index in [2.05, 4.69) is 15.4 Å². The predicted molar refractivity (Wildman–Crippen MR) is 62.7 cm³/mol. The van der Waals surface area contributed by atoms with E-state index in [1.54, 1.807) is 24.3 Å². The average Bonchev–Trinajstić information content (AvgIpc) is 2.81. The lowest BCUT2D eigenvalue weighted by Gasteiger charge is -2.16. The predicted octanol–water partition coefficient (Wildman–Crippen LogP) is 1.16. The van der Waals surface area contributed by atoms with Crippen LogP contribution in [0.25, 0.3) is 0 Å². The maximum Gasteiger partial charge on any atom is 0.405 e. The van der Waals surface area contributed by atoms with Crippen LogP contribution in [0.1, 0.15) is 11.7 Å². The van der Waals surface area contributed by atoms with Crippen molar-refractivity contribution in [3.63, 3.8) is 0 Å². The second-order valence-corrected chi connectivity index (χ2v) is 3.90. The summed E-state index contributed by atoms with van der Waals surface area (Å²) in [5.41, 5.74) is 5.78. The molecule has 1 atom stereocenters. The number of ether oxygens (including phenoxy) is 1. The number of carbonyl (C=O) groups excluding carboxylic acids is 1. The van der Waals surface area contributed by atoms with Gasteiger partial charge >= 0.3 is 6.09 Å². The Balaban J connectivity index is 2.19. The number of halogens is 1. The standard InChI is InChI=1S/C10H10ClN5O2/c11-8-3-1-7(2-4-8)9(18-10(12)17)5-16-14-6-13-15-16/h1-4,6,9H,5H2,(H2,12,17). The zero-order valence-electron chi connectivity index (χ0n) is 9.23. The number of carbonyl (C=O) groups is 1. The third-order valence-corrected chi connectivity index (χ3v) is 2.47. The number of rotatable bonds is 4. The molecule has 0 aliphatic rings. The SMILES string of the molecule is NC(=O)OC(Cn1ncnn1)c1ccc(Cl)cc1. The molecule has 1 aromatic heterocycles. The minimum atomic E-state index is -0.866. The van der Waals surface area contributed by atoms with Gasteiger partial charge in [-0.3, -0.25) is 0 Å². The van der Waals surface area contributed by atoms with E-state index in [9.17, 15) is 4.79 Å². The summed E-state index contributed by atoms with van der Waals surface area (Å²) < 4.78 is 5.02. The molecule has 1 heterocycles. The lowest BCUT2D eigenvalue weighted by atomic mass is 10.1. The van der Waals surface area contributed by atoms with Crippen molar-refractivity contribution in [3.05, 3.63) is 41.2 Å². The Hall–Kier alpha value is -2.15. The molecule has 1 amide bonds. The van der Waals surface area contributed by atoms with Gasteiger partial charge in [-0.1, -0.05) is 23.7 Å². The van der Waals surface area contributed by atoms with Crippen LogP contribution in [0, 0.1) is 0 Å². The number of primary amides is 1. The molecule has 0 saturated carbocycles. The number of tetrazole rings is 1. The van der Waals surface area contributed by atoms with Crippen LogP contribution in [0.15, 0.2) is 30.6 Å². The first kappa shape index (κ1) is 12.3. The molecule has 18 heavy (non-hydrogen) atoms. The fourth-order valence-corrected chi connectivity index (χ4v) is 1.57. The highest BCUT2D eigenvalue weighted by Crippen LogP contribution is 2.21. The van der Waals surface area contributed by atoms with Gasteiger partial charge in [0.25, 0.3) is 0 Å². The van der Waals surface area contributed by atoms with Crippen molar-refractivity contribution in [3.8, 4) is 0 Å². The Morgan fingerprint density at radius 1 is 1.44 bits per heavy atom. The van der Waals surface area contributed by atoms with Crippen molar-refractivity contribution < 1.29 is 9.53 Å². The molecule has 0 spiro atoms. The molecule has 2 aromatic rings. The summed E-state index contributed by atoms with van der Waals surface area (Å²) in [6, 6.07) is 6.88. The summed E-state index contributed by atoms with van der Waals surface area (Å²) in [5.74, 6) is 0. The maximum atomic E-state index is 10.9. The number of nitrogens with two attached hydrogens (primary N) is 1. The molecule has 0 aliphatic heterocycles. The van der Waals surface area contributed by atoms with Crippen molar-refractivity contribution in [2.45, 2.75) is 12.6 Å². The van der Waals surface area contributed by atoms with E-state index in [1.807, 2.05) is 0 Å². The van der Waals surface area contributed by atoms with Crippen LogP contribution in [-0.4, -0.2) is 26.3 Å². The van der Waals surface area contributed by atoms with Crippen LogP contribution in [0.4, 0.5) is 4.79 Å². The molecule has 8 heteroatoms. The van der Waals surface area contributed by atoms with Gasteiger partial charge in [0, 0.05) is 5.02 Å². The van der Waals surface area contributed by atoms with Gasteiger partial charge in [-0.2, -0.15) is 4.80 Å². The highest BCUT2D eigenvalue weighted by Gasteiger charge is 2.17. The quantitative estimate of drug-likeness (QED) is 0.897. The van der Waals surface area contributed by atoms with Gasteiger partial charge in [0.05, 0.1) is 0 Å². The first-order valence-corrected chi connectivity index (χ1v) is 5.45. The molecule has 2 N–H and O–H groups in total. The van der Waals surface area contributed by atoms with Gasteiger partial charge in [-0.15, -0.1) is 10.2 Å². The normalized spacial score (nSPS) is 12.1. The molecule has 0 saturated heterocycles. The summed E-state index contributed by atoms with van der Waals surface area (Å²) in [4.78, 5) is 12.2. The van der Waals surface area contributed by atoms with Crippen LogP contribution in [-0.2, 0) is 11.3 Å². The number of hydrogen-bond acceptors (Lipinski definition) is 5. The van der Waals surface area contributed by atoms with Crippen LogP contribution in [0.5, 0.6) is 0 Å². The van der Waals surface area contributed by atoms with Gasteiger partial charge in [-0.25, -0.2) is 4.79 Å². The summed E-state index contributed by atoms with van der Waals surface area (Å²) in [5, 5.41) is 11.7. The Morgan fingerprint density at radius 2 is 2.17 bits per heavy atom. The molecular weight excluding hydrogens is 258 g/mol. The number of amides is 1. The van der Waals surface area contributed by atoms with Crippen molar-refractivity contribution in [1.29, 1.82) is 0 Å². The molecule has 0 fully saturated rings. The Morgan fingerprint density at radius 3 is 2.72 bits per heavy atom. The van der Waals surface area contributed by atoms with Crippen molar-refractivity contribution >= 4 is 17.7 Å². The molecule has 0 aliphatic carbocycles. The van der Waals surface area contributed by atoms with Crippen LogP contribution < -0.4 is 5.73 Å². The van der Waals surface area contributed by atoms with E-state index in [0.717, 1.165) is 5.56 Å². The van der Waals surface area contributed by atoms with Crippen LogP contribution in [0.2, 0.25) is 5.02 Å². The summed E-state index contributed by atoms with van der Waals surface area (Å²) in [6.07, 6.45) is -0.160. The Bertz CT molecular complexity index is 514. The second-order valence-electron chi connectivity index (χ2n) is 3.47. The van der Waals surface area contributed by atoms with Crippen LogP contribution in [0.3, 0.4) is 0 Å². The minimum Gasteiger partial charge on any atom is -0.439 e. The fraction of sp³-hybridized carbons (Fsp3) is 0.200. The Labute approximate surface area is 107 Å². The lowest BCUT2D eigenvalue weighted by molar-refractivity contribution is 0.0900. The van der Waals surface area contributed by atoms with Gasteiger partial charge in [-0.05, 0) is 22.9 Å². The molecule has 7 nitrogen and oxygen atoms in total. The Kier molecular flexibility index (Phi) is 3.73. The van der Waals surface area contributed by atoms with Gasteiger partial charge in [0.1, 0.15) is 6.54 Å². The van der Waals surface area contributed by atoms with Gasteiger partial charge in [0.15, 0.2) is 12.4 Å². The topological polar surface area (TPSA) is 95.9 Å². The van der Waals surface area contributed by atoms with E-state index in [1.165, 1.54) is 11.1 Å². The van der Waals surface area contributed by atoms with E-state index in [4.69, 9.17) is 22.1 Å². The number of benzene rings is 1. The van der Waals surface area contributed by atoms with Gasteiger partial charge in [0.2, 0.25) is 0 Å². The molecular formula is C10H10ClN5O2. The third-order valence-electron chi connectivity index (χ3n) is 2.22. The summed E-state index contributed by atoms with van der Waals surface area (Å²) in [6.45, 7) is 0.227. The third kappa shape index (κ3) is 3.17. The highest BCUT2D eigenvalue weighted by atomic mass is 35.5. The zero-order valence-corrected chi connectivity index (χ0v) is 9.99. The number of nitrogens with zero attached hydrogens (tertiary/aromatic N) is 4. The molecule has 2 rings (SSSR count). The van der Waals surface area contributed by atoms with Gasteiger partial charge < -0.3 is 10.5 Å². The van der Waals surface area contributed by atoms with Crippen molar-refractivity contribution in [2.75, 3.05) is 0 Å². The number of aromatic nitrogens is 4. The zero-order chi connectivity index (χ0) is 13.0. The summed E-state index contributed by atoms with van der Waals surface area (Å²) >= 11 is 5.79. The van der Waals surface area contributed by atoms with Crippen LogP contribution >= 0.6 is 11.6 Å². The first-order valence-electron chi connectivity index (χ1n) is 5.07. The molecule has 0 radical (unpaired) electrons. The van der Waals surface area contributed by atoms with E-state index < -0.39 is 12.2 Å². The van der Waals surface area contributed by atoms with E-state index in [0.29, 0.717) is 5.02 Å². The average molecular weight is 268 g/mol. The first-order chi connectivity index (χ1) is 8.65. The van der Waals surface area contributed by atoms with Crippen molar-refractivity contribution in [1.82, 2.24) is 20.2 Å². The molecule has 94 valence electrons. The lowest BCUT2D eigenvalue weighted by Crippen LogP contribution is -2.22. The van der Waals surface area contributed by atoms with E-state index >= 15 is 0 Å². The highest BCUT2D eigenvalue weighted by molar-refractivity contribution is 6.30. The summed E-state index contributed by atoms with van der Waals surface area (Å²) in [7, 11) is 0. The largest absolute Gasteiger partial charge is 0.439 e. The van der Waals surface area contributed by atoms with Crippen molar-refractivity contribution in [2.24, 2.45) is 5.73 Å².